The zero-order valence-electron chi connectivity index (χ0n) is 16.4. The first kappa shape index (κ1) is 21.2. The molecule has 0 heterocycles. The molecule has 0 fully saturated rings. The van der Waals surface area contributed by atoms with Crippen LogP contribution in [0.1, 0.15) is 30.5 Å². The highest BCUT2D eigenvalue weighted by atomic mass is 16.5. The van der Waals surface area contributed by atoms with E-state index in [9.17, 15) is 4.79 Å². The summed E-state index contributed by atoms with van der Waals surface area (Å²) < 4.78 is 5.88. The van der Waals surface area contributed by atoms with E-state index in [0.29, 0.717) is 24.5 Å². The number of ether oxygens (including phenoxy) is 1. The monoisotopic (exact) mass is 377 g/mol. The second-order valence-corrected chi connectivity index (χ2v) is 6.07. The van der Waals surface area contributed by atoms with E-state index in [1.807, 2.05) is 50.2 Å². The highest BCUT2D eigenvalue weighted by molar-refractivity contribution is 5.71. The van der Waals surface area contributed by atoms with Gasteiger partial charge in [0.05, 0.1) is 6.42 Å². The topological polar surface area (TPSA) is 72.5 Å². The van der Waals surface area contributed by atoms with Gasteiger partial charge in [-0.05, 0) is 40.5 Å². The summed E-state index contributed by atoms with van der Waals surface area (Å²) in [7, 11) is 0. The van der Waals surface area contributed by atoms with Crippen LogP contribution >= 0.6 is 0 Å². The van der Waals surface area contributed by atoms with Gasteiger partial charge in [-0.15, -0.1) is 0 Å². The first-order valence-corrected chi connectivity index (χ1v) is 9.46. The Morgan fingerprint density at radius 1 is 0.893 bits per heavy atom. The van der Waals surface area contributed by atoms with Gasteiger partial charge in [-0.3, -0.25) is 4.79 Å². The molecule has 0 radical (unpaired) electrons. The van der Waals surface area contributed by atoms with Gasteiger partial charge in [0.2, 0.25) is 0 Å². The van der Waals surface area contributed by atoms with Gasteiger partial charge in [0.1, 0.15) is 12.4 Å². The molecule has 0 bridgehead atoms. The highest BCUT2D eigenvalue weighted by Crippen LogP contribution is 2.24. The Kier molecular flexibility index (Phi) is 8.25. The highest BCUT2D eigenvalue weighted by Gasteiger charge is 2.08. The second kappa shape index (κ2) is 10.9. The van der Waals surface area contributed by atoms with E-state index in [0.717, 1.165) is 22.3 Å². The summed E-state index contributed by atoms with van der Waals surface area (Å²) in [6.45, 7) is 4.89. The molecule has 146 valence electrons. The Bertz CT molecular complexity index is 906. The number of benzene rings is 3. The van der Waals surface area contributed by atoms with E-state index in [2.05, 4.69) is 24.3 Å². The molecule has 28 heavy (non-hydrogen) atoms. The molecule has 3 N–H and O–H groups in total. The predicted molar refractivity (Wildman–Crippen MR) is 113 cm³/mol. The van der Waals surface area contributed by atoms with Crippen molar-refractivity contribution in [2.45, 2.75) is 33.4 Å². The standard InChI is InChI=1S/C22H21NO3.C2H6/c23-14-16-5-3-8-18(11-16)19-9-4-6-17(12-19)15-26-21-10-2-1-7-20(21)13-22(24)25;1-2/h1-12H,13-15,23H2,(H,24,25);1-2H3. The summed E-state index contributed by atoms with van der Waals surface area (Å²) in [4.78, 5) is 11.0. The Morgan fingerprint density at radius 3 is 2.14 bits per heavy atom. The van der Waals surface area contributed by atoms with Crippen molar-refractivity contribution in [3.8, 4) is 16.9 Å². The Balaban J connectivity index is 0.00000136. The molecule has 0 aliphatic heterocycles. The van der Waals surface area contributed by atoms with Crippen molar-refractivity contribution in [2.24, 2.45) is 5.73 Å². The summed E-state index contributed by atoms with van der Waals surface area (Å²) in [5.74, 6) is -0.270. The maximum absolute atomic E-state index is 11.0. The fourth-order valence-corrected chi connectivity index (χ4v) is 2.83. The molecule has 0 saturated heterocycles. The molecule has 0 amide bonds. The minimum Gasteiger partial charge on any atom is -0.489 e. The van der Waals surface area contributed by atoms with Crippen LogP contribution < -0.4 is 10.5 Å². The van der Waals surface area contributed by atoms with E-state index >= 15 is 0 Å². The van der Waals surface area contributed by atoms with Crippen LogP contribution in [0.25, 0.3) is 11.1 Å². The number of nitrogens with two attached hydrogens (primary N) is 1. The van der Waals surface area contributed by atoms with E-state index in [4.69, 9.17) is 15.6 Å². The van der Waals surface area contributed by atoms with Crippen LogP contribution in [-0.2, 0) is 24.4 Å². The van der Waals surface area contributed by atoms with Crippen LogP contribution in [0.2, 0.25) is 0 Å². The van der Waals surface area contributed by atoms with Gasteiger partial charge in [0.15, 0.2) is 0 Å². The average molecular weight is 377 g/mol. The molecule has 0 aliphatic rings. The van der Waals surface area contributed by atoms with Gasteiger partial charge in [-0.2, -0.15) is 0 Å². The molecule has 3 rings (SSSR count). The van der Waals surface area contributed by atoms with E-state index in [-0.39, 0.29) is 6.42 Å². The van der Waals surface area contributed by atoms with Gasteiger partial charge >= 0.3 is 5.97 Å². The Hall–Kier alpha value is -3.11. The van der Waals surface area contributed by atoms with Crippen LogP contribution in [-0.4, -0.2) is 11.1 Å². The first-order chi connectivity index (χ1) is 13.7. The molecule has 0 unspecified atom stereocenters. The fraction of sp³-hybridized carbons (Fsp3) is 0.208. The number of hydrogen-bond donors (Lipinski definition) is 2. The molecular weight excluding hydrogens is 350 g/mol. The smallest absolute Gasteiger partial charge is 0.307 e. The minimum atomic E-state index is -0.872. The van der Waals surface area contributed by atoms with Crippen molar-refractivity contribution >= 4 is 5.97 Å². The lowest BCUT2D eigenvalue weighted by atomic mass is 10.0. The molecule has 0 spiro atoms. The van der Waals surface area contributed by atoms with Crippen molar-refractivity contribution in [3.05, 3.63) is 89.5 Å². The van der Waals surface area contributed by atoms with Crippen molar-refractivity contribution in [2.75, 3.05) is 0 Å². The van der Waals surface area contributed by atoms with Crippen molar-refractivity contribution in [1.29, 1.82) is 0 Å². The van der Waals surface area contributed by atoms with Gasteiger partial charge in [-0.25, -0.2) is 0 Å². The van der Waals surface area contributed by atoms with E-state index < -0.39 is 5.97 Å². The third-order valence-electron chi connectivity index (χ3n) is 4.13. The normalized spacial score (nSPS) is 9.96. The summed E-state index contributed by atoms with van der Waals surface area (Å²) in [6.07, 6.45) is -0.0535. The Morgan fingerprint density at radius 2 is 1.50 bits per heavy atom. The zero-order valence-corrected chi connectivity index (χ0v) is 16.4. The van der Waals surface area contributed by atoms with Crippen molar-refractivity contribution < 1.29 is 14.6 Å². The van der Waals surface area contributed by atoms with Crippen LogP contribution in [0.3, 0.4) is 0 Å². The minimum absolute atomic E-state index is 0.0535. The number of carbonyl (C=O) groups is 1. The number of carboxylic acid groups (broad SMARTS) is 1. The average Bonchev–Trinajstić information content (AvgIpc) is 2.74. The SMILES string of the molecule is CC.NCc1cccc(-c2cccc(COc3ccccc3CC(=O)O)c2)c1. The second-order valence-electron chi connectivity index (χ2n) is 6.07. The maximum Gasteiger partial charge on any atom is 0.307 e. The summed E-state index contributed by atoms with van der Waals surface area (Å²) in [5.41, 5.74) is 10.7. The van der Waals surface area contributed by atoms with Crippen LogP contribution in [0.4, 0.5) is 0 Å². The molecule has 0 aliphatic carbocycles. The third kappa shape index (κ3) is 5.96. The molecule has 3 aromatic rings. The molecule has 4 nitrogen and oxygen atoms in total. The van der Waals surface area contributed by atoms with Crippen LogP contribution in [0.15, 0.2) is 72.8 Å². The van der Waals surface area contributed by atoms with Crippen molar-refractivity contribution in [3.63, 3.8) is 0 Å². The number of aliphatic carboxylic acids is 1. The molecular formula is C24H27NO3. The van der Waals surface area contributed by atoms with E-state index in [1.165, 1.54) is 0 Å². The van der Waals surface area contributed by atoms with Crippen LogP contribution in [0.5, 0.6) is 5.75 Å². The number of rotatable bonds is 7. The third-order valence-corrected chi connectivity index (χ3v) is 4.13. The Labute approximate surface area is 166 Å². The van der Waals surface area contributed by atoms with E-state index in [1.54, 1.807) is 12.1 Å². The van der Waals surface area contributed by atoms with Crippen LogP contribution in [0, 0.1) is 0 Å². The first-order valence-electron chi connectivity index (χ1n) is 9.46. The summed E-state index contributed by atoms with van der Waals surface area (Å²) >= 11 is 0. The number of hydrogen-bond acceptors (Lipinski definition) is 3. The number of para-hydroxylation sites is 1. The van der Waals surface area contributed by atoms with Gasteiger partial charge in [0, 0.05) is 12.1 Å². The summed E-state index contributed by atoms with van der Waals surface area (Å²) in [5, 5.41) is 9.02. The number of carboxylic acids is 1. The molecule has 0 atom stereocenters. The summed E-state index contributed by atoms with van der Waals surface area (Å²) in [6, 6.07) is 23.5. The lowest BCUT2D eigenvalue weighted by Crippen LogP contribution is -2.04. The molecule has 0 aromatic heterocycles. The lowest BCUT2D eigenvalue weighted by Gasteiger charge is -2.11. The van der Waals surface area contributed by atoms with Gasteiger partial charge in [0.25, 0.3) is 0 Å². The van der Waals surface area contributed by atoms with Gasteiger partial charge < -0.3 is 15.6 Å². The fourth-order valence-electron chi connectivity index (χ4n) is 2.83. The molecule has 4 heteroatoms. The predicted octanol–water partition coefficient (Wildman–Crippen LogP) is 5.04. The van der Waals surface area contributed by atoms with Gasteiger partial charge in [-0.1, -0.05) is 68.4 Å². The molecule has 0 saturated carbocycles. The lowest BCUT2D eigenvalue weighted by molar-refractivity contribution is -0.136. The largest absolute Gasteiger partial charge is 0.489 e. The quantitative estimate of drug-likeness (QED) is 0.605. The molecule has 3 aromatic carbocycles. The maximum atomic E-state index is 11.0. The zero-order chi connectivity index (χ0) is 20.4. The van der Waals surface area contributed by atoms with Crippen molar-refractivity contribution in [1.82, 2.24) is 0 Å².